The molecule has 1 aromatic rings. The lowest BCUT2D eigenvalue weighted by Crippen LogP contribution is -2.10. The molecule has 0 aliphatic rings. The van der Waals surface area contributed by atoms with Gasteiger partial charge in [-0.2, -0.15) is 0 Å². The van der Waals surface area contributed by atoms with E-state index in [1.54, 1.807) is 24.3 Å². The largest absolute Gasteiger partial charge is 0.392 e. The fraction of sp³-hybridized carbons (Fsp3) is 0.100. The molecular formula is C10H12N2O. The quantitative estimate of drug-likeness (QED) is 0.474. The zero-order valence-corrected chi connectivity index (χ0v) is 7.20. The molecule has 0 heterocycles. The summed E-state index contributed by atoms with van der Waals surface area (Å²) in [6.07, 6.45) is 3.42. The topological polar surface area (TPSA) is 70.1 Å². The Morgan fingerprint density at radius 3 is 2.92 bits per heavy atom. The van der Waals surface area contributed by atoms with E-state index in [9.17, 15) is 0 Å². The summed E-state index contributed by atoms with van der Waals surface area (Å²) in [5.41, 5.74) is 6.95. The number of benzene rings is 1. The van der Waals surface area contributed by atoms with Gasteiger partial charge in [-0.05, 0) is 11.6 Å². The monoisotopic (exact) mass is 176 g/mol. The van der Waals surface area contributed by atoms with Crippen molar-refractivity contribution in [3.63, 3.8) is 0 Å². The second-order valence-corrected chi connectivity index (χ2v) is 2.62. The second-order valence-electron chi connectivity index (χ2n) is 2.62. The van der Waals surface area contributed by atoms with Crippen LogP contribution >= 0.6 is 0 Å². The first-order valence-electron chi connectivity index (χ1n) is 3.96. The minimum absolute atomic E-state index is 0.0182. The number of aliphatic hydroxyl groups is 1. The summed E-state index contributed by atoms with van der Waals surface area (Å²) in [5.74, 6) is 0.0549. The van der Waals surface area contributed by atoms with E-state index in [0.717, 1.165) is 5.56 Å². The van der Waals surface area contributed by atoms with Crippen LogP contribution in [0.25, 0.3) is 6.08 Å². The van der Waals surface area contributed by atoms with E-state index < -0.39 is 0 Å². The maximum atomic E-state index is 8.55. The average molecular weight is 176 g/mol. The van der Waals surface area contributed by atoms with Crippen molar-refractivity contribution in [2.45, 2.75) is 0 Å². The summed E-state index contributed by atoms with van der Waals surface area (Å²) >= 11 is 0. The van der Waals surface area contributed by atoms with Crippen molar-refractivity contribution in [2.24, 2.45) is 5.73 Å². The Bertz CT molecular complexity index is 331. The molecule has 0 saturated heterocycles. The van der Waals surface area contributed by atoms with Crippen molar-refractivity contribution in [1.29, 1.82) is 5.41 Å². The third kappa shape index (κ3) is 2.72. The number of aliphatic hydroxyl groups excluding tert-OH is 1. The molecule has 0 radical (unpaired) electrons. The summed E-state index contributed by atoms with van der Waals surface area (Å²) in [6.45, 7) is 0.0182. The Morgan fingerprint density at radius 1 is 1.54 bits per heavy atom. The lowest BCUT2D eigenvalue weighted by molar-refractivity contribution is 0.343. The van der Waals surface area contributed by atoms with E-state index >= 15 is 0 Å². The molecule has 0 bridgehead atoms. The van der Waals surface area contributed by atoms with Crippen LogP contribution in [-0.4, -0.2) is 17.5 Å². The van der Waals surface area contributed by atoms with Crippen molar-refractivity contribution >= 4 is 11.9 Å². The fourth-order valence-corrected chi connectivity index (χ4v) is 0.999. The minimum atomic E-state index is 0.0182. The highest BCUT2D eigenvalue weighted by Crippen LogP contribution is 2.06. The van der Waals surface area contributed by atoms with Gasteiger partial charge in [0.15, 0.2) is 0 Å². The highest BCUT2D eigenvalue weighted by atomic mass is 16.2. The normalized spacial score (nSPS) is 10.5. The number of hydrogen-bond donors (Lipinski definition) is 3. The van der Waals surface area contributed by atoms with E-state index in [1.807, 2.05) is 12.1 Å². The Labute approximate surface area is 77.0 Å². The van der Waals surface area contributed by atoms with Gasteiger partial charge in [0, 0.05) is 5.56 Å². The van der Waals surface area contributed by atoms with E-state index in [0.29, 0.717) is 5.56 Å². The predicted octanol–water partition coefficient (Wildman–Crippen LogP) is 0.976. The third-order valence-corrected chi connectivity index (χ3v) is 1.61. The zero-order valence-electron chi connectivity index (χ0n) is 7.20. The summed E-state index contributed by atoms with van der Waals surface area (Å²) in [6, 6.07) is 7.29. The number of hydrogen-bond acceptors (Lipinski definition) is 2. The maximum absolute atomic E-state index is 8.55. The SMILES string of the molecule is N=C(N)c1cccc(C=CCO)c1. The molecule has 0 aliphatic heterocycles. The number of amidine groups is 1. The van der Waals surface area contributed by atoms with Crippen LogP contribution in [0.2, 0.25) is 0 Å². The van der Waals surface area contributed by atoms with Gasteiger partial charge >= 0.3 is 0 Å². The van der Waals surface area contributed by atoms with Crippen LogP contribution in [0.1, 0.15) is 11.1 Å². The lowest BCUT2D eigenvalue weighted by Gasteiger charge is -1.98. The molecule has 4 N–H and O–H groups in total. The van der Waals surface area contributed by atoms with Crippen LogP contribution in [0.15, 0.2) is 30.3 Å². The Balaban J connectivity index is 2.92. The van der Waals surface area contributed by atoms with E-state index in [2.05, 4.69) is 0 Å². The summed E-state index contributed by atoms with van der Waals surface area (Å²) < 4.78 is 0. The Morgan fingerprint density at radius 2 is 2.31 bits per heavy atom. The molecule has 1 aromatic carbocycles. The molecule has 0 aliphatic carbocycles. The van der Waals surface area contributed by atoms with Gasteiger partial charge < -0.3 is 10.8 Å². The highest BCUT2D eigenvalue weighted by molar-refractivity contribution is 5.95. The first kappa shape index (κ1) is 9.48. The van der Waals surface area contributed by atoms with Crippen molar-refractivity contribution < 1.29 is 5.11 Å². The summed E-state index contributed by atoms with van der Waals surface area (Å²) in [5, 5.41) is 15.8. The molecule has 3 nitrogen and oxygen atoms in total. The van der Waals surface area contributed by atoms with Crippen LogP contribution in [0.4, 0.5) is 0 Å². The van der Waals surface area contributed by atoms with Gasteiger partial charge in [0.2, 0.25) is 0 Å². The van der Waals surface area contributed by atoms with Crippen LogP contribution in [0.3, 0.4) is 0 Å². The highest BCUT2D eigenvalue weighted by Gasteiger charge is 1.94. The van der Waals surface area contributed by atoms with Crippen molar-refractivity contribution in [3.05, 3.63) is 41.5 Å². The smallest absolute Gasteiger partial charge is 0.122 e. The van der Waals surface area contributed by atoms with Gasteiger partial charge in [-0.3, -0.25) is 5.41 Å². The number of rotatable bonds is 3. The molecule has 0 amide bonds. The average Bonchev–Trinajstić information content (AvgIpc) is 2.15. The molecule has 3 heteroatoms. The first-order valence-corrected chi connectivity index (χ1v) is 3.96. The molecule has 1 rings (SSSR count). The summed E-state index contributed by atoms with van der Waals surface area (Å²) in [7, 11) is 0. The molecule has 0 unspecified atom stereocenters. The molecule has 0 fully saturated rings. The minimum Gasteiger partial charge on any atom is -0.392 e. The van der Waals surface area contributed by atoms with Crippen LogP contribution in [0.5, 0.6) is 0 Å². The lowest BCUT2D eigenvalue weighted by atomic mass is 10.1. The van der Waals surface area contributed by atoms with E-state index in [4.69, 9.17) is 16.2 Å². The van der Waals surface area contributed by atoms with Gasteiger partial charge in [-0.25, -0.2) is 0 Å². The zero-order chi connectivity index (χ0) is 9.68. The molecule has 13 heavy (non-hydrogen) atoms. The van der Waals surface area contributed by atoms with Gasteiger partial charge in [-0.1, -0.05) is 30.4 Å². The molecule has 0 saturated carbocycles. The third-order valence-electron chi connectivity index (χ3n) is 1.61. The number of nitrogen functional groups attached to an aromatic ring is 1. The summed E-state index contributed by atoms with van der Waals surface area (Å²) in [4.78, 5) is 0. The number of nitrogens with one attached hydrogen (secondary N) is 1. The molecule has 0 aromatic heterocycles. The molecule has 0 atom stereocenters. The predicted molar refractivity (Wildman–Crippen MR) is 53.6 cm³/mol. The van der Waals surface area contributed by atoms with Gasteiger partial charge in [0.25, 0.3) is 0 Å². The van der Waals surface area contributed by atoms with Crippen LogP contribution in [-0.2, 0) is 0 Å². The van der Waals surface area contributed by atoms with Crippen molar-refractivity contribution in [1.82, 2.24) is 0 Å². The fourth-order valence-electron chi connectivity index (χ4n) is 0.999. The molecule has 68 valence electrons. The Hall–Kier alpha value is -1.61. The van der Waals surface area contributed by atoms with Gasteiger partial charge in [0.1, 0.15) is 5.84 Å². The van der Waals surface area contributed by atoms with E-state index in [-0.39, 0.29) is 12.4 Å². The molecular weight excluding hydrogens is 164 g/mol. The van der Waals surface area contributed by atoms with Crippen molar-refractivity contribution in [2.75, 3.05) is 6.61 Å². The standard InChI is InChI=1S/C10H12N2O/c11-10(12)9-5-1-3-8(7-9)4-2-6-13/h1-5,7,13H,6H2,(H3,11,12). The van der Waals surface area contributed by atoms with Gasteiger partial charge in [-0.15, -0.1) is 0 Å². The van der Waals surface area contributed by atoms with Crippen molar-refractivity contribution in [3.8, 4) is 0 Å². The van der Waals surface area contributed by atoms with Crippen LogP contribution in [0, 0.1) is 5.41 Å². The van der Waals surface area contributed by atoms with Crippen LogP contribution < -0.4 is 5.73 Å². The molecule has 0 spiro atoms. The number of nitrogens with two attached hydrogens (primary N) is 1. The Kier molecular flexibility index (Phi) is 3.23. The second kappa shape index (κ2) is 4.42. The van der Waals surface area contributed by atoms with E-state index in [1.165, 1.54) is 0 Å². The first-order chi connectivity index (χ1) is 6.24. The van der Waals surface area contributed by atoms with Gasteiger partial charge in [0.05, 0.1) is 6.61 Å². The maximum Gasteiger partial charge on any atom is 0.122 e.